The van der Waals surface area contributed by atoms with Crippen LogP contribution in [0.5, 0.6) is 0 Å². The summed E-state index contributed by atoms with van der Waals surface area (Å²) in [7, 11) is 0. The van der Waals surface area contributed by atoms with Gasteiger partial charge in [-0.3, -0.25) is 15.3 Å². The number of H-pyrrole nitrogens is 3. The number of hydrogen-bond donors (Lipinski definition) is 3. The van der Waals surface area contributed by atoms with E-state index in [1.807, 2.05) is 18.2 Å². The fraction of sp³-hybridized carbons (Fsp3) is 0. The van der Waals surface area contributed by atoms with Gasteiger partial charge in [-0.25, -0.2) is 0 Å². The summed E-state index contributed by atoms with van der Waals surface area (Å²) < 4.78 is 0. The van der Waals surface area contributed by atoms with E-state index < -0.39 is 0 Å². The molecular weight excluding hydrogens is 330 g/mol. The largest absolute Gasteiger partial charge is 3.00 e. The number of nitrogens with zero attached hydrogens (tertiary/aromatic N) is 3. The van der Waals surface area contributed by atoms with Crippen molar-refractivity contribution in [2.75, 3.05) is 0 Å². The van der Waals surface area contributed by atoms with Crippen molar-refractivity contribution < 1.29 is 26.2 Å². The Hall–Kier alpha value is -1.42. The third-order valence-corrected chi connectivity index (χ3v) is 2.50. The van der Waals surface area contributed by atoms with Crippen molar-refractivity contribution in [3.8, 4) is 0 Å². The van der Waals surface area contributed by atoms with E-state index in [4.69, 9.17) is 0 Å². The Balaban J connectivity index is 0. The molecule has 3 N–H and O–H groups in total. The summed E-state index contributed by atoms with van der Waals surface area (Å²) in [5.74, 6) is 0. The summed E-state index contributed by atoms with van der Waals surface area (Å²) in [6.45, 7) is 0.0347. The van der Waals surface area contributed by atoms with Gasteiger partial charge in [-0.2, -0.15) is 15.3 Å². The quantitative estimate of drug-likeness (QED) is 0.450. The van der Waals surface area contributed by atoms with E-state index in [0.29, 0.717) is 0 Å². The van der Waals surface area contributed by atoms with E-state index in [2.05, 4.69) is 30.6 Å². The number of rotatable bonds is 3. The number of aromatic nitrogens is 6. The third kappa shape index (κ3) is 4.03. The van der Waals surface area contributed by atoms with Gasteiger partial charge in [-0.15, -0.1) is 0 Å². The summed E-state index contributed by atoms with van der Waals surface area (Å²) in [6, 6.07) is 5.81. The molecule has 3 rings (SSSR count). The van der Waals surface area contributed by atoms with Gasteiger partial charge in [0, 0.05) is 35.4 Å². The molecule has 0 spiro atoms. The van der Waals surface area contributed by atoms with Crippen LogP contribution in [0.3, 0.4) is 0 Å². The molecule has 0 aliphatic rings. The number of nitrogens with one attached hydrogen (secondary N) is 3. The van der Waals surface area contributed by atoms with Crippen molar-refractivity contribution in [2.24, 2.45) is 0 Å². The molecular formula is C12H18BN6Zr. The fourth-order valence-electron chi connectivity index (χ4n) is 1.78. The van der Waals surface area contributed by atoms with E-state index in [-0.39, 0.29) is 55.2 Å². The fourth-order valence-corrected chi connectivity index (χ4v) is 1.78. The van der Waals surface area contributed by atoms with Crippen LogP contribution in [0, 0.1) is 22.3 Å². The van der Waals surface area contributed by atoms with Crippen molar-refractivity contribution >= 4 is 23.5 Å². The first-order chi connectivity index (χ1) is 7.95. The maximum Gasteiger partial charge on any atom is 3.00 e. The Morgan fingerprint density at radius 2 is 0.950 bits per heavy atom. The monoisotopic (exact) mass is 347 g/mol. The summed E-state index contributed by atoms with van der Waals surface area (Å²) in [4.78, 5) is 0. The molecule has 103 valence electrons. The van der Waals surface area contributed by atoms with Gasteiger partial charge in [-0.1, -0.05) is 0 Å². The molecule has 20 heavy (non-hydrogen) atoms. The second-order valence-electron chi connectivity index (χ2n) is 3.47. The molecule has 8 heteroatoms. The van der Waals surface area contributed by atoms with E-state index >= 15 is 0 Å². The van der Waals surface area contributed by atoms with Crippen LogP contribution in [0.2, 0.25) is 0 Å². The second kappa shape index (κ2) is 9.48. The zero-order chi connectivity index (χ0) is 10.8. The van der Waals surface area contributed by atoms with Gasteiger partial charge < -0.3 is 22.3 Å². The molecule has 0 unspecified atom stereocenters. The van der Waals surface area contributed by atoms with Gasteiger partial charge in [-0.05, 0) is 18.2 Å². The first-order valence-electron chi connectivity index (χ1n) is 4.93. The molecule has 6 nitrogen and oxygen atoms in total. The van der Waals surface area contributed by atoms with E-state index in [9.17, 15) is 0 Å². The molecule has 0 saturated heterocycles. The third-order valence-electron chi connectivity index (χ3n) is 2.50. The van der Waals surface area contributed by atoms with Crippen molar-refractivity contribution in [1.29, 1.82) is 0 Å². The van der Waals surface area contributed by atoms with E-state index in [0.717, 1.165) is 16.8 Å². The molecule has 1 radical (unpaired) electrons. The van der Waals surface area contributed by atoms with Gasteiger partial charge >= 0.3 is 32.9 Å². The molecule has 0 fully saturated rings. The van der Waals surface area contributed by atoms with Crippen molar-refractivity contribution in [2.45, 2.75) is 0 Å². The number of aromatic amines is 3. The van der Waals surface area contributed by atoms with E-state index in [1.54, 1.807) is 18.6 Å². The van der Waals surface area contributed by atoms with Crippen LogP contribution < -0.4 is 16.8 Å². The predicted octanol–water partition coefficient (Wildman–Crippen LogP) is -0.280. The van der Waals surface area contributed by atoms with Crippen LogP contribution in [0.25, 0.3) is 0 Å². The minimum Gasteiger partial charge on any atom is -0.358 e. The van der Waals surface area contributed by atoms with Crippen LogP contribution in [0.15, 0.2) is 36.8 Å². The Morgan fingerprint density at radius 1 is 0.650 bits per heavy atom. The Morgan fingerprint density at radius 3 is 1.15 bits per heavy atom. The van der Waals surface area contributed by atoms with Crippen LogP contribution in [-0.4, -0.2) is 37.3 Å². The molecule has 0 saturated carbocycles. The van der Waals surface area contributed by atoms with Crippen molar-refractivity contribution in [3.63, 3.8) is 0 Å². The molecule has 0 atom stereocenters. The smallest absolute Gasteiger partial charge is 0.358 e. The van der Waals surface area contributed by atoms with Gasteiger partial charge in [0.25, 0.3) is 0 Å². The zero-order valence-electron chi connectivity index (χ0n) is 11.9. The molecule has 3 aromatic heterocycles. The summed E-state index contributed by atoms with van der Waals surface area (Å²) >= 11 is 0. The Kier molecular flexibility index (Phi) is 9.90. The first kappa shape index (κ1) is 20.9. The summed E-state index contributed by atoms with van der Waals surface area (Å²) in [5.41, 5.74) is 2.98. The number of hydrogen-bond acceptors (Lipinski definition) is 3. The molecule has 0 amide bonds. The van der Waals surface area contributed by atoms with Crippen LogP contribution in [0.1, 0.15) is 0 Å². The standard InChI is InChI=1S/C9H9BN6.3CH3.Zr/c1-4-11-14-7(1)10(8-2-5-12-15-8)9-3-6-13-16-9;;;;/h1-6H,(H,11,14)(H,12,15)(H,13,16);3*1H3;/q;3*-1;+3. The predicted molar refractivity (Wildman–Crippen MR) is 79.7 cm³/mol. The molecule has 0 aromatic carbocycles. The normalized spacial score (nSPS) is 8.40. The molecule has 3 aromatic rings. The van der Waals surface area contributed by atoms with Crippen LogP contribution >= 0.6 is 0 Å². The Bertz CT molecular complexity index is 453. The zero-order valence-corrected chi connectivity index (χ0v) is 14.3. The van der Waals surface area contributed by atoms with Crippen LogP contribution in [0.4, 0.5) is 0 Å². The van der Waals surface area contributed by atoms with Crippen LogP contribution in [-0.2, 0) is 26.2 Å². The maximum absolute atomic E-state index is 3.97. The average Bonchev–Trinajstić information content (AvgIpc) is 3.02. The molecule has 0 aliphatic carbocycles. The average molecular weight is 348 g/mol. The summed E-state index contributed by atoms with van der Waals surface area (Å²) in [6.07, 6.45) is 5.19. The van der Waals surface area contributed by atoms with Gasteiger partial charge in [0.15, 0.2) is 0 Å². The molecule has 0 bridgehead atoms. The minimum absolute atomic E-state index is 0. The topological polar surface area (TPSA) is 86.0 Å². The van der Waals surface area contributed by atoms with Crippen molar-refractivity contribution in [1.82, 2.24) is 30.6 Å². The maximum atomic E-state index is 3.97. The molecule has 0 aliphatic heterocycles. The van der Waals surface area contributed by atoms with Gasteiger partial charge in [0.1, 0.15) is 0 Å². The van der Waals surface area contributed by atoms with E-state index in [1.165, 1.54) is 0 Å². The summed E-state index contributed by atoms with van der Waals surface area (Å²) in [5, 5.41) is 20.8. The molecule has 3 heterocycles. The van der Waals surface area contributed by atoms with Crippen molar-refractivity contribution in [3.05, 3.63) is 59.1 Å². The second-order valence-corrected chi connectivity index (χ2v) is 3.47. The first-order valence-corrected chi connectivity index (χ1v) is 4.93. The Labute approximate surface area is 139 Å². The van der Waals surface area contributed by atoms with Gasteiger partial charge in [0.2, 0.25) is 0 Å². The SMILES string of the molecule is [CH3-].[CH3-].[CH3-].[Zr+3].c1cc(B(c2ccn[nH]2)c2ccn[nH]2)[nH]n1. The van der Waals surface area contributed by atoms with Gasteiger partial charge in [0.05, 0.1) is 0 Å². The minimum atomic E-state index is 0.